The molecule has 0 heterocycles. The van der Waals surface area contributed by atoms with Crippen molar-refractivity contribution in [3.05, 3.63) is 35.9 Å². The molecule has 0 N–H and O–H groups in total. The molecule has 130 valence electrons. The summed E-state index contributed by atoms with van der Waals surface area (Å²) < 4.78 is 5.71. The number of fused-ring (bicyclic) bond motifs is 1. The maximum absolute atomic E-state index is 12.8. The van der Waals surface area contributed by atoms with Gasteiger partial charge in [0.25, 0.3) is 0 Å². The second kappa shape index (κ2) is 5.89. The summed E-state index contributed by atoms with van der Waals surface area (Å²) in [6, 6.07) is 10.0. The van der Waals surface area contributed by atoms with Gasteiger partial charge in [0.15, 0.2) is 0 Å². The zero-order chi connectivity index (χ0) is 16.8. The van der Waals surface area contributed by atoms with Crippen molar-refractivity contribution in [1.82, 2.24) is 0 Å². The van der Waals surface area contributed by atoms with Crippen LogP contribution in [0.5, 0.6) is 0 Å². The number of hydrogen-bond donors (Lipinski definition) is 0. The number of hydrogen-bond acceptors (Lipinski definition) is 2. The summed E-state index contributed by atoms with van der Waals surface area (Å²) in [5.41, 5.74) is 1.97. The van der Waals surface area contributed by atoms with Crippen LogP contribution in [0.3, 0.4) is 0 Å². The normalized spacial score (nSPS) is 36.8. The quantitative estimate of drug-likeness (QED) is 0.699. The highest BCUT2D eigenvalue weighted by Crippen LogP contribution is 2.66. The molecule has 0 amide bonds. The average molecular weight is 326 g/mol. The van der Waals surface area contributed by atoms with E-state index in [2.05, 4.69) is 13.8 Å². The van der Waals surface area contributed by atoms with Crippen LogP contribution < -0.4 is 0 Å². The molecule has 1 aromatic rings. The lowest BCUT2D eigenvalue weighted by Crippen LogP contribution is -2.44. The summed E-state index contributed by atoms with van der Waals surface area (Å²) in [7, 11) is 0. The first kappa shape index (κ1) is 16.2. The van der Waals surface area contributed by atoms with Crippen LogP contribution in [-0.4, -0.2) is 5.97 Å². The molecular weight excluding hydrogens is 296 g/mol. The Hall–Kier alpha value is -1.31. The molecular formula is C22H30O2. The zero-order valence-electron chi connectivity index (χ0n) is 15.1. The van der Waals surface area contributed by atoms with Crippen molar-refractivity contribution in [3.8, 4) is 0 Å². The van der Waals surface area contributed by atoms with E-state index in [1.807, 2.05) is 30.3 Å². The van der Waals surface area contributed by atoms with E-state index in [1.165, 1.54) is 38.5 Å². The van der Waals surface area contributed by atoms with Crippen LogP contribution in [0.1, 0.15) is 64.4 Å². The van der Waals surface area contributed by atoms with Crippen LogP contribution in [0.15, 0.2) is 30.3 Å². The molecule has 3 aliphatic rings. The monoisotopic (exact) mass is 326 g/mol. The molecule has 0 aliphatic heterocycles. The van der Waals surface area contributed by atoms with Gasteiger partial charge in [0.2, 0.25) is 0 Å². The van der Waals surface area contributed by atoms with E-state index >= 15 is 0 Å². The number of ether oxygens (including phenoxy) is 1. The second-order valence-corrected chi connectivity index (χ2v) is 9.20. The number of carbonyl (C=O) groups is 1. The number of carbonyl (C=O) groups excluding carboxylic acids is 1. The Morgan fingerprint density at radius 1 is 1.12 bits per heavy atom. The van der Waals surface area contributed by atoms with Gasteiger partial charge in [-0.3, -0.25) is 4.79 Å². The van der Waals surface area contributed by atoms with Crippen LogP contribution >= 0.6 is 0 Å². The van der Waals surface area contributed by atoms with Crippen LogP contribution in [-0.2, 0) is 16.1 Å². The van der Waals surface area contributed by atoms with Crippen molar-refractivity contribution in [3.63, 3.8) is 0 Å². The third-order valence-corrected chi connectivity index (χ3v) is 7.40. The minimum absolute atomic E-state index is 0.0600. The molecule has 2 bridgehead atoms. The topological polar surface area (TPSA) is 26.3 Å². The largest absolute Gasteiger partial charge is 0.461 e. The Morgan fingerprint density at radius 2 is 1.92 bits per heavy atom. The van der Waals surface area contributed by atoms with Gasteiger partial charge in [-0.15, -0.1) is 0 Å². The molecule has 2 nitrogen and oxygen atoms in total. The standard InChI is InChI=1S/C22H30O2/c1-21(2)11-6-12-22-13-17(9-10-19(21)22)18(14-22)20(23)24-15-16-7-4-3-5-8-16/h3-5,7-8,17-19H,6,9-15H2,1-2H3/t17?,18?,19?,22-/m1/s1. The van der Waals surface area contributed by atoms with E-state index in [0.29, 0.717) is 23.4 Å². The number of rotatable bonds is 3. The highest BCUT2D eigenvalue weighted by atomic mass is 16.5. The van der Waals surface area contributed by atoms with Crippen LogP contribution in [0.25, 0.3) is 0 Å². The lowest BCUT2D eigenvalue weighted by molar-refractivity contribution is -0.151. The number of esters is 1. The van der Waals surface area contributed by atoms with Gasteiger partial charge in [-0.05, 0) is 66.8 Å². The van der Waals surface area contributed by atoms with Crippen LogP contribution in [0, 0.1) is 28.6 Å². The molecule has 1 aromatic carbocycles. The van der Waals surface area contributed by atoms with E-state index in [4.69, 9.17) is 4.74 Å². The third kappa shape index (κ3) is 2.68. The summed E-state index contributed by atoms with van der Waals surface area (Å²) in [4.78, 5) is 12.8. The fourth-order valence-corrected chi connectivity index (χ4v) is 6.41. The van der Waals surface area contributed by atoms with Gasteiger partial charge in [0.1, 0.15) is 6.61 Å². The Kier molecular flexibility index (Phi) is 3.97. The fraction of sp³-hybridized carbons (Fsp3) is 0.682. The summed E-state index contributed by atoms with van der Waals surface area (Å²) in [6.07, 6.45) is 8.92. The summed E-state index contributed by atoms with van der Waals surface area (Å²) >= 11 is 0. The van der Waals surface area contributed by atoms with Gasteiger partial charge >= 0.3 is 5.97 Å². The first-order chi connectivity index (χ1) is 11.5. The van der Waals surface area contributed by atoms with E-state index < -0.39 is 0 Å². The molecule has 3 unspecified atom stereocenters. The van der Waals surface area contributed by atoms with Gasteiger partial charge in [-0.2, -0.15) is 0 Å². The maximum atomic E-state index is 12.8. The minimum atomic E-state index is 0.0600. The molecule has 1 spiro atoms. The molecule has 24 heavy (non-hydrogen) atoms. The highest BCUT2D eigenvalue weighted by molar-refractivity contribution is 5.73. The highest BCUT2D eigenvalue weighted by Gasteiger charge is 2.59. The molecule has 3 aliphatic carbocycles. The predicted molar refractivity (Wildman–Crippen MR) is 95.2 cm³/mol. The van der Waals surface area contributed by atoms with Crippen molar-refractivity contribution < 1.29 is 9.53 Å². The van der Waals surface area contributed by atoms with Gasteiger partial charge in [0, 0.05) is 0 Å². The average Bonchev–Trinajstić information content (AvgIpc) is 2.84. The van der Waals surface area contributed by atoms with Crippen molar-refractivity contribution in [2.24, 2.45) is 28.6 Å². The van der Waals surface area contributed by atoms with Crippen LogP contribution in [0.4, 0.5) is 0 Å². The Bertz CT molecular complexity index is 606. The first-order valence-electron chi connectivity index (χ1n) is 9.71. The summed E-state index contributed by atoms with van der Waals surface area (Å²) in [6.45, 7) is 5.34. The Balaban J connectivity index is 1.45. The Labute approximate surface area is 146 Å². The van der Waals surface area contributed by atoms with Gasteiger partial charge < -0.3 is 4.74 Å². The maximum Gasteiger partial charge on any atom is 0.309 e. The summed E-state index contributed by atoms with van der Waals surface area (Å²) in [5.74, 6) is 1.58. The van der Waals surface area contributed by atoms with Crippen molar-refractivity contribution in [1.29, 1.82) is 0 Å². The zero-order valence-corrected chi connectivity index (χ0v) is 15.1. The fourth-order valence-electron chi connectivity index (χ4n) is 6.41. The van der Waals surface area contributed by atoms with E-state index in [-0.39, 0.29) is 11.9 Å². The Morgan fingerprint density at radius 3 is 2.71 bits per heavy atom. The minimum Gasteiger partial charge on any atom is -0.461 e. The molecule has 0 aromatic heterocycles. The number of benzene rings is 1. The third-order valence-electron chi connectivity index (χ3n) is 7.40. The van der Waals surface area contributed by atoms with Crippen molar-refractivity contribution in [2.45, 2.75) is 65.4 Å². The molecule has 2 heteroatoms. The van der Waals surface area contributed by atoms with Crippen molar-refractivity contribution >= 4 is 5.97 Å². The van der Waals surface area contributed by atoms with Gasteiger partial charge in [-0.1, -0.05) is 50.6 Å². The van der Waals surface area contributed by atoms with E-state index in [0.717, 1.165) is 17.9 Å². The lowest BCUT2D eigenvalue weighted by atomic mass is 9.52. The molecule has 4 atom stereocenters. The molecule has 0 saturated heterocycles. The predicted octanol–water partition coefficient (Wildman–Crippen LogP) is 5.36. The molecule has 3 fully saturated rings. The first-order valence-corrected chi connectivity index (χ1v) is 9.71. The van der Waals surface area contributed by atoms with E-state index in [9.17, 15) is 4.79 Å². The molecule has 4 rings (SSSR count). The molecule has 3 saturated carbocycles. The SMILES string of the molecule is CC1(C)CCC[C@]23CC(CCC12)C(C(=O)OCc1ccccc1)C3. The lowest BCUT2D eigenvalue weighted by Gasteiger charge is -2.53. The van der Waals surface area contributed by atoms with Gasteiger partial charge in [-0.25, -0.2) is 0 Å². The van der Waals surface area contributed by atoms with E-state index in [1.54, 1.807) is 0 Å². The van der Waals surface area contributed by atoms with Crippen molar-refractivity contribution in [2.75, 3.05) is 0 Å². The van der Waals surface area contributed by atoms with Gasteiger partial charge in [0.05, 0.1) is 5.92 Å². The smallest absolute Gasteiger partial charge is 0.309 e. The molecule has 0 radical (unpaired) electrons. The summed E-state index contributed by atoms with van der Waals surface area (Å²) in [5, 5.41) is 0. The van der Waals surface area contributed by atoms with Crippen LogP contribution in [0.2, 0.25) is 0 Å². The second-order valence-electron chi connectivity index (χ2n) is 9.20.